The van der Waals surface area contributed by atoms with E-state index in [4.69, 9.17) is 4.74 Å². The fourth-order valence-electron chi connectivity index (χ4n) is 1.88. The zero-order chi connectivity index (χ0) is 12.8. The van der Waals surface area contributed by atoms with E-state index in [0.29, 0.717) is 6.54 Å². The van der Waals surface area contributed by atoms with Crippen LogP contribution in [-0.2, 0) is 14.3 Å². The standard InChI is InChI=1S/C12H22N2O3/c1-8(2)11(14-9(3)15)12(16)13-7-10-5-4-6-17-10/h8,10-11H,4-7H2,1-3H3,(H,13,16)(H,14,15). The molecule has 0 aromatic carbocycles. The van der Waals surface area contributed by atoms with E-state index >= 15 is 0 Å². The maximum absolute atomic E-state index is 11.9. The van der Waals surface area contributed by atoms with Crippen LogP contribution in [0, 0.1) is 5.92 Å². The molecule has 2 amide bonds. The lowest BCUT2D eigenvalue weighted by Crippen LogP contribution is -2.50. The molecule has 2 atom stereocenters. The van der Waals surface area contributed by atoms with Gasteiger partial charge in [0.15, 0.2) is 0 Å². The molecule has 0 aromatic rings. The van der Waals surface area contributed by atoms with Gasteiger partial charge in [-0.2, -0.15) is 0 Å². The molecule has 1 rings (SSSR count). The van der Waals surface area contributed by atoms with Crippen LogP contribution >= 0.6 is 0 Å². The highest BCUT2D eigenvalue weighted by Gasteiger charge is 2.24. The van der Waals surface area contributed by atoms with Crippen molar-refractivity contribution >= 4 is 11.8 Å². The highest BCUT2D eigenvalue weighted by Crippen LogP contribution is 2.11. The highest BCUT2D eigenvalue weighted by molar-refractivity contribution is 5.87. The van der Waals surface area contributed by atoms with Crippen molar-refractivity contribution in [1.29, 1.82) is 0 Å². The molecule has 0 spiro atoms. The average Bonchev–Trinajstić information content (AvgIpc) is 2.74. The van der Waals surface area contributed by atoms with Crippen LogP contribution < -0.4 is 10.6 Å². The molecule has 2 N–H and O–H groups in total. The van der Waals surface area contributed by atoms with Gasteiger partial charge < -0.3 is 15.4 Å². The van der Waals surface area contributed by atoms with Gasteiger partial charge in [-0.1, -0.05) is 13.8 Å². The summed E-state index contributed by atoms with van der Waals surface area (Å²) in [7, 11) is 0. The third-order valence-electron chi connectivity index (χ3n) is 2.84. The van der Waals surface area contributed by atoms with Gasteiger partial charge in [-0.25, -0.2) is 0 Å². The Morgan fingerprint density at radius 3 is 2.59 bits per heavy atom. The lowest BCUT2D eigenvalue weighted by atomic mass is 10.0. The van der Waals surface area contributed by atoms with Crippen molar-refractivity contribution in [3.8, 4) is 0 Å². The quantitative estimate of drug-likeness (QED) is 0.735. The van der Waals surface area contributed by atoms with E-state index in [1.54, 1.807) is 0 Å². The van der Waals surface area contributed by atoms with E-state index in [0.717, 1.165) is 19.4 Å². The normalized spacial score (nSPS) is 21.3. The zero-order valence-electron chi connectivity index (χ0n) is 10.8. The number of nitrogens with one attached hydrogen (secondary N) is 2. The van der Waals surface area contributed by atoms with Crippen LogP contribution in [0.4, 0.5) is 0 Å². The van der Waals surface area contributed by atoms with E-state index in [-0.39, 0.29) is 23.8 Å². The van der Waals surface area contributed by atoms with Gasteiger partial charge >= 0.3 is 0 Å². The van der Waals surface area contributed by atoms with Crippen molar-refractivity contribution in [2.75, 3.05) is 13.2 Å². The molecule has 1 aliphatic heterocycles. The predicted molar refractivity (Wildman–Crippen MR) is 64.4 cm³/mol. The molecule has 5 heteroatoms. The van der Waals surface area contributed by atoms with E-state index in [1.165, 1.54) is 6.92 Å². The Morgan fingerprint density at radius 2 is 2.12 bits per heavy atom. The van der Waals surface area contributed by atoms with Gasteiger partial charge in [-0.3, -0.25) is 9.59 Å². The lowest BCUT2D eigenvalue weighted by molar-refractivity contribution is -0.129. The zero-order valence-corrected chi connectivity index (χ0v) is 10.8. The minimum Gasteiger partial charge on any atom is -0.376 e. The van der Waals surface area contributed by atoms with Gasteiger partial charge in [0.05, 0.1) is 6.10 Å². The number of ether oxygens (including phenoxy) is 1. The van der Waals surface area contributed by atoms with E-state index in [1.807, 2.05) is 13.8 Å². The molecule has 0 aliphatic carbocycles. The third kappa shape index (κ3) is 4.73. The summed E-state index contributed by atoms with van der Waals surface area (Å²) in [5.41, 5.74) is 0. The van der Waals surface area contributed by atoms with Crippen LogP contribution in [0.5, 0.6) is 0 Å². The first-order valence-corrected chi connectivity index (χ1v) is 6.17. The Bertz CT molecular complexity index is 273. The summed E-state index contributed by atoms with van der Waals surface area (Å²) in [6.07, 6.45) is 2.18. The van der Waals surface area contributed by atoms with Crippen LogP contribution in [-0.4, -0.2) is 37.1 Å². The Morgan fingerprint density at radius 1 is 1.41 bits per heavy atom. The van der Waals surface area contributed by atoms with Crippen molar-refractivity contribution in [1.82, 2.24) is 10.6 Å². The molecule has 5 nitrogen and oxygen atoms in total. The molecule has 17 heavy (non-hydrogen) atoms. The molecular formula is C12H22N2O3. The van der Waals surface area contributed by atoms with Gasteiger partial charge in [-0.15, -0.1) is 0 Å². The van der Waals surface area contributed by atoms with E-state index < -0.39 is 6.04 Å². The fourth-order valence-corrected chi connectivity index (χ4v) is 1.88. The van der Waals surface area contributed by atoms with Gasteiger partial charge in [0, 0.05) is 20.1 Å². The second-order valence-electron chi connectivity index (χ2n) is 4.80. The second kappa shape index (κ2) is 6.59. The first-order chi connectivity index (χ1) is 8.00. The summed E-state index contributed by atoms with van der Waals surface area (Å²) in [5.74, 6) is -0.245. The van der Waals surface area contributed by atoms with Crippen molar-refractivity contribution in [3.05, 3.63) is 0 Å². The first kappa shape index (κ1) is 14.0. The minimum atomic E-state index is -0.464. The van der Waals surface area contributed by atoms with Crippen molar-refractivity contribution in [2.24, 2.45) is 5.92 Å². The van der Waals surface area contributed by atoms with Crippen molar-refractivity contribution in [3.63, 3.8) is 0 Å². The monoisotopic (exact) mass is 242 g/mol. The largest absolute Gasteiger partial charge is 0.376 e. The van der Waals surface area contributed by atoms with E-state index in [9.17, 15) is 9.59 Å². The van der Waals surface area contributed by atoms with Gasteiger partial charge in [0.25, 0.3) is 0 Å². The number of hydrogen-bond acceptors (Lipinski definition) is 3. The SMILES string of the molecule is CC(=O)NC(C(=O)NCC1CCCO1)C(C)C. The molecule has 2 unspecified atom stereocenters. The van der Waals surface area contributed by atoms with Gasteiger partial charge in [-0.05, 0) is 18.8 Å². The topological polar surface area (TPSA) is 67.4 Å². The molecule has 0 bridgehead atoms. The van der Waals surface area contributed by atoms with Crippen LogP contribution in [0.15, 0.2) is 0 Å². The lowest BCUT2D eigenvalue weighted by Gasteiger charge is -2.21. The summed E-state index contributed by atoms with van der Waals surface area (Å²) in [4.78, 5) is 22.9. The van der Waals surface area contributed by atoms with E-state index in [2.05, 4.69) is 10.6 Å². The molecule has 1 heterocycles. The Hall–Kier alpha value is -1.10. The van der Waals surface area contributed by atoms with Crippen LogP contribution in [0.1, 0.15) is 33.6 Å². The Labute approximate surface area is 102 Å². The predicted octanol–water partition coefficient (Wildman–Crippen LogP) is 0.442. The average molecular weight is 242 g/mol. The first-order valence-electron chi connectivity index (χ1n) is 6.17. The summed E-state index contributed by atoms with van der Waals surface area (Å²) in [5, 5.41) is 5.50. The van der Waals surface area contributed by atoms with Crippen molar-refractivity contribution < 1.29 is 14.3 Å². The van der Waals surface area contributed by atoms with Crippen LogP contribution in [0.2, 0.25) is 0 Å². The second-order valence-corrected chi connectivity index (χ2v) is 4.80. The maximum atomic E-state index is 11.9. The number of carbonyl (C=O) groups excluding carboxylic acids is 2. The van der Waals surface area contributed by atoms with Crippen LogP contribution in [0.25, 0.3) is 0 Å². The summed E-state index contributed by atoms with van der Waals surface area (Å²) in [6, 6.07) is -0.464. The minimum absolute atomic E-state index is 0.0726. The van der Waals surface area contributed by atoms with Gasteiger partial charge in [0.2, 0.25) is 11.8 Å². The molecule has 0 aromatic heterocycles. The van der Waals surface area contributed by atoms with Crippen LogP contribution in [0.3, 0.4) is 0 Å². The molecule has 0 saturated carbocycles. The van der Waals surface area contributed by atoms with Gasteiger partial charge in [0.1, 0.15) is 6.04 Å². The maximum Gasteiger partial charge on any atom is 0.242 e. The number of carbonyl (C=O) groups is 2. The highest BCUT2D eigenvalue weighted by atomic mass is 16.5. The number of hydrogen-bond donors (Lipinski definition) is 2. The molecular weight excluding hydrogens is 220 g/mol. The Kier molecular flexibility index (Phi) is 5.41. The fraction of sp³-hybridized carbons (Fsp3) is 0.833. The summed E-state index contributed by atoms with van der Waals surface area (Å²) in [6.45, 7) is 6.54. The third-order valence-corrected chi connectivity index (χ3v) is 2.84. The molecule has 1 fully saturated rings. The molecule has 0 radical (unpaired) electrons. The molecule has 1 saturated heterocycles. The molecule has 98 valence electrons. The molecule has 1 aliphatic rings. The smallest absolute Gasteiger partial charge is 0.242 e. The Balaban J connectivity index is 2.38. The number of amides is 2. The summed E-state index contributed by atoms with van der Waals surface area (Å²) < 4.78 is 5.42. The number of rotatable bonds is 5. The summed E-state index contributed by atoms with van der Waals surface area (Å²) >= 11 is 0. The van der Waals surface area contributed by atoms with Crippen molar-refractivity contribution in [2.45, 2.75) is 45.8 Å².